The van der Waals surface area contributed by atoms with Gasteiger partial charge in [0.25, 0.3) is 5.91 Å². The molecule has 2 rings (SSSR count). The minimum absolute atomic E-state index is 0.0117. The van der Waals surface area contributed by atoms with Crippen LogP contribution in [0.25, 0.3) is 0 Å². The van der Waals surface area contributed by atoms with Crippen molar-refractivity contribution in [1.29, 1.82) is 0 Å². The highest BCUT2D eigenvalue weighted by molar-refractivity contribution is 5.94. The minimum Gasteiger partial charge on any atom is -0.348 e. The fourth-order valence-electron chi connectivity index (χ4n) is 1.71. The summed E-state index contributed by atoms with van der Waals surface area (Å²) in [4.78, 5) is 15.8. The molecule has 0 aliphatic heterocycles. The zero-order valence-electron chi connectivity index (χ0n) is 11.3. The fraction of sp³-hybridized carbons (Fsp3) is 0.125. The van der Waals surface area contributed by atoms with Gasteiger partial charge >= 0.3 is 0 Å². The van der Waals surface area contributed by atoms with E-state index in [1.165, 1.54) is 12.1 Å². The summed E-state index contributed by atoms with van der Waals surface area (Å²) in [5, 5.41) is 2.66. The summed E-state index contributed by atoms with van der Waals surface area (Å²) in [5.41, 5.74) is 6.62. The van der Waals surface area contributed by atoms with Gasteiger partial charge in [-0.3, -0.25) is 9.78 Å². The van der Waals surface area contributed by atoms with Crippen molar-refractivity contribution in [2.75, 3.05) is 6.54 Å². The summed E-state index contributed by atoms with van der Waals surface area (Å²) in [5.74, 6) is 4.27. The van der Waals surface area contributed by atoms with Crippen molar-refractivity contribution in [1.82, 2.24) is 10.3 Å². The molecule has 4 nitrogen and oxygen atoms in total. The average molecular weight is 283 g/mol. The van der Waals surface area contributed by atoms with E-state index in [2.05, 4.69) is 22.1 Å². The van der Waals surface area contributed by atoms with Gasteiger partial charge in [0.15, 0.2) is 0 Å². The molecule has 0 spiro atoms. The van der Waals surface area contributed by atoms with E-state index < -0.39 is 11.7 Å². The first kappa shape index (κ1) is 14.7. The molecule has 0 bridgehead atoms. The lowest BCUT2D eigenvalue weighted by Gasteiger charge is -2.06. The van der Waals surface area contributed by atoms with E-state index in [1.54, 1.807) is 30.6 Å². The molecule has 1 aromatic heterocycles. The molecule has 0 radical (unpaired) electrons. The van der Waals surface area contributed by atoms with Crippen molar-refractivity contribution < 1.29 is 9.18 Å². The van der Waals surface area contributed by atoms with Gasteiger partial charge in [0.05, 0.1) is 12.1 Å². The van der Waals surface area contributed by atoms with Gasteiger partial charge < -0.3 is 11.1 Å². The van der Waals surface area contributed by atoms with Crippen molar-refractivity contribution in [3.8, 4) is 11.8 Å². The van der Waals surface area contributed by atoms with Gasteiger partial charge in [0.1, 0.15) is 5.82 Å². The van der Waals surface area contributed by atoms with Gasteiger partial charge in [-0.15, -0.1) is 0 Å². The normalized spacial score (nSPS) is 9.62. The number of nitrogens with two attached hydrogens (primary N) is 1. The lowest BCUT2D eigenvalue weighted by Crippen LogP contribution is -2.23. The number of benzene rings is 1. The molecule has 0 unspecified atom stereocenters. The second-order valence-corrected chi connectivity index (χ2v) is 4.24. The van der Waals surface area contributed by atoms with Crippen molar-refractivity contribution in [2.45, 2.75) is 6.54 Å². The first-order valence-electron chi connectivity index (χ1n) is 6.36. The molecule has 21 heavy (non-hydrogen) atoms. The van der Waals surface area contributed by atoms with Crippen LogP contribution in [0.4, 0.5) is 4.39 Å². The number of amides is 1. The van der Waals surface area contributed by atoms with E-state index in [-0.39, 0.29) is 12.1 Å². The lowest BCUT2D eigenvalue weighted by atomic mass is 10.1. The van der Waals surface area contributed by atoms with Gasteiger partial charge in [0.2, 0.25) is 0 Å². The Morgan fingerprint density at radius 3 is 2.71 bits per heavy atom. The van der Waals surface area contributed by atoms with Crippen LogP contribution in [0.3, 0.4) is 0 Å². The number of aromatic nitrogens is 1. The summed E-state index contributed by atoms with van der Waals surface area (Å²) in [7, 11) is 0. The summed E-state index contributed by atoms with van der Waals surface area (Å²) in [6.45, 7) is 0.519. The molecule has 1 amide bonds. The number of halogens is 1. The Balaban J connectivity index is 2.05. The van der Waals surface area contributed by atoms with E-state index in [0.29, 0.717) is 12.1 Å². The summed E-state index contributed by atoms with van der Waals surface area (Å²) >= 11 is 0. The monoisotopic (exact) mass is 283 g/mol. The Bertz CT molecular complexity index is 690. The summed E-state index contributed by atoms with van der Waals surface area (Å²) < 4.78 is 13.9. The predicted molar refractivity (Wildman–Crippen MR) is 77.7 cm³/mol. The number of carbonyl (C=O) groups excluding carboxylic acids is 1. The topological polar surface area (TPSA) is 68.0 Å². The molecule has 5 heteroatoms. The fourth-order valence-corrected chi connectivity index (χ4v) is 1.71. The molecule has 2 aromatic rings. The Kier molecular flexibility index (Phi) is 5.02. The molecule has 0 fully saturated rings. The molecular weight excluding hydrogens is 269 g/mol. The molecule has 0 saturated carbocycles. The van der Waals surface area contributed by atoms with Crippen LogP contribution in [0, 0.1) is 17.7 Å². The second-order valence-electron chi connectivity index (χ2n) is 4.24. The maximum absolute atomic E-state index is 13.9. The van der Waals surface area contributed by atoms with Crippen molar-refractivity contribution in [3.63, 3.8) is 0 Å². The number of nitrogens with zero attached hydrogens (tertiary/aromatic N) is 1. The molecule has 3 N–H and O–H groups in total. The van der Waals surface area contributed by atoms with Crippen molar-refractivity contribution in [2.24, 2.45) is 5.73 Å². The van der Waals surface area contributed by atoms with E-state index in [0.717, 1.165) is 5.56 Å². The second kappa shape index (κ2) is 7.17. The molecule has 106 valence electrons. The maximum Gasteiger partial charge on any atom is 0.254 e. The van der Waals surface area contributed by atoms with Crippen molar-refractivity contribution in [3.05, 3.63) is 65.2 Å². The van der Waals surface area contributed by atoms with Gasteiger partial charge in [-0.1, -0.05) is 11.8 Å². The SMILES string of the molecule is NCC#Cc1ccc(C(=O)NCc2ccncc2)c(F)c1. The largest absolute Gasteiger partial charge is 0.348 e. The first-order chi connectivity index (χ1) is 10.2. The summed E-state index contributed by atoms with van der Waals surface area (Å²) in [6, 6.07) is 7.79. The van der Waals surface area contributed by atoms with Gasteiger partial charge in [0, 0.05) is 24.5 Å². The predicted octanol–water partition coefficient (Wildman–Crippen LogP) is 1.46. The van der Waals surface area contributed by atoms with E-state index in [9.17, 15) is 9.18 Å². The highest BCUT2D eigenvalue weighted by Gasteiger charge is 2.11. The molecule has 0 aliphatic rings. The Labute approximate surface area is 122 Å². The van der Waals surface area contributed by atoms with Crippen LogP contribution in [0.2, 0.25) is 0 Å². The Morgan fingerprint density at radius 2 is 2.05 bits per heavy atom. The quantitative estimate of drug-likeness (QED) is 0.838. The Morgan fingerprint density at radius 1 is 1.29 bits per heavy atom. The number of pyridine rings is 1. The standard InChI is InChI=1S/C16H14FN3O/c17-15-10-12(2-1-7-18)3-4-14(15)16(21)20-11-13-5-8-19-9-6-13/h3-6,8-10H,7,11,18H2,(H,20,21). The molecule has 0 saturated heterocycles. The van der Waals surface area contributed by atoms with Crippen LogP contribution in [-0.4, -0.2) is 17.4 Å². The highest BCUT2D eigenvalue weighted by atomic mass is 19.1. The van der Waals surface area contributed by atoms with E-state index >= 15 is 0 Å². The third-order valence-electron chi connectivity index (χ3n) is 2.75. The van der Waals surface area contributed by atoms with Crippen molar-refractivity contribution >= 4 is 5.91 Å². The van der Waals surface area contributed by atoms with Crippen LogP contribution in [0.15, 0.2) is 42.7 Å². The van der Waals surface area contributed by atoms with Gasteiger partial charge in [-0.2, -0.15) is 0 Å². The lowest BCUT2D eigenvalue weighted by molar-refractivity contribution is 0.0947. The van der Waals surface area contributed by atoms with E-state index in [1.807, 2.05) is 0 Å². The minimum atomic E-state index is -0.606. The number of rotatable bonds is 3. The third-order valence-corrected chi connectivity index (χ3v) is 2.75. The molecule has 1 aromatic carbocycles. The number of nitrogens with one attached hydrogen (secondary N) is 1. The van der Waals surface area contributed by atoms with Gasteiger partial charge in [-0.25, -0.2) is 4.39 Å². The maximum atomic E-state index is 13.9. The van der Waals surface area contributed by atoms with Crippen LogP contribution in [0.1, 0.15) is 21.5 Å². The molecular formula is C16H14FN3O. The molecule has 0 atom stereocenters. The average Bonchev–Trinajstić information content (AvgIpc) is 2.51. The number of carbonyl (C=O) groups is 1. The van der Waals surface area contributed by atoms with Crippen LogP contribution >= 0.6 is 0 Å². The van der Waals surface area contributed by atoms with Crippen LogP contribution in [-0.2, 0) is 6.54 Å². The van der Waals surface area contributed by atoms with E-state index in [4.69, 9.17) is 5.73 Å². The smallest absolute Gasteiger partial charge is 0.254 e. The van der Waals surface area contributed by atoms with Crippen LogP contribution < -0.4 is 11.1 Å². The number of hydrogen-bond donors (Lipinski definition) is 2. The number of hydrogen-bond acceptors (Lipinski definition) is 3. The highest BCUT2D eigenvalue weighted by Crippen LogP contribution is 2.10. The third kappa shape index (κ3) is 4.13. The molecule has 1 heterocycles. The zero-order valence-corrected chi connectivity index (χ0v) is 11.3. The van der Waals surface area contributed by atoms with Crippen LogP contribution in [0.5, 0.6) is 0 Å². The Hall–Kier alpha value is -2.71. The summed E-state index contributed by atoms with van der Waals surface area (Å²) in [6.07, 6.45) is 3.26. The molecule has 0 aliphatic carbocycles. The van der Waals surface area contributed by atoms with Gasteiger partial charge in [-0.05, 0) is 35.9 Å². The zero-order chi connectivity index (χ0) is 15.1. The first-order valence-corrected chi connectivity index (χ1v) is 6.36.